The van der Waals surface area contributed by atoms with Crippen LogP contribution in [-0.4, -0.2) is 19.1 Å². The summed E-state index contributed by atoms with van der Waals surface area (Å²) in [5.41, 5.74) is 0.556. The van der Waals surface area contributed by atoms with Gasteiger partial charge in [-0.2, -0.15) is 13.2 Å². The lowest BCUT2D eigenvalue weighted by atomic mass is 9.99. The Morgan fingerprint density at radius 3 is 2.81 bits per heavy atom. The lowest BCUT2D eigenvalue weighted by Crippen LogP contribution is -2.26. The van der Waals surface area contributed by atoms with Crippen LogP contribution in [-0.2, 0) is 23.9 Å². The summed E-state index contributed by atoms with van der Waals surface area (Å²) in [4.78, 5) is 12.0. The monoisotopic (exact) mass is 368 g/mol. The van der Waals surface area contributed by atoms with Crippen molar-refractivity contribution in [3.8, 4) is 5.75 Å². The second-order valence-electron chi connectivity index (χ2n) is 5.85. The highest BCUT2D eigenvalue weighted by molar-refractivity contribution is 5.92. The Morgan fingerprint density at radius 2 is 2.04 bits per heavy atom. The number of benzene rings is 2. The van der Waals surface area contributed by atoms with E-state index in [1.54, 1.807) is 6.07 Å². The van der Waals surface area contributed by atoms with E-state index in [4.69, 9.17) is 4.74 Å². The predicted molar refractivity (Wildman–Crippen MR) is 87.4 cm³/mol. The van der Waals surface area contributed by atoms with E-state index >= 15 is 0 Å². The highest BCUT2D eigenvalue weighted by Crippen LogP contribution is 2.31. The minimum atomic E-state index is -4.50. The molecule has 1 aliphatic rings. The van der Waals surface area contributed by atoms with Crippen LogP contribution in [0.1, 0.15) is 16.7 Å². The van der Waals surface area contributed by atoms with E-state index in [-0.39, 0.29) is 11.4 Å². The number of fused-ring (bicyclic) bond motifs is 1. The number of carbonyl (C=O) groups excluding carboxylic acids is 1. The standard InChI is InChI=1S/C18H16F4N2O2/c19-17-14-6-7-23-9-11(14)4-5-15(17)24-16(25)10-26-13-3-1-2-12(8-13)18(20,21)22/h1-5,8,23H,6-7,9-10H2,(H,24,25). The van der Waals surface area contributed by atoms with E-state index in [2.05, 4.69) is 10.6 Å². The first-order valence-electron chi connectivity index (χ1n) is 7.95. The number of hydrogen-bond acceptors (Lipinski definition) is 3. The molecule has 0 spiro atoms. The summed E-state index contributed by atoms with van der Waals surface area (Å²) in [6, 6.07) is 7.41. The highest BCUT2D eigenvalue weighted by Gasteiger charge is 2.30. The zero-order valence-electron chi connectivity index (χ0n) is 13.6. The van der Waals surface area contributed by atoms with Crippen LogP contribution in [0.4, 0.5) is 23.2 Å². The van der Waals surface area contributed by atoms with Crippen molar-refractivity contribution in [2.24, 2.45) is 0 Å². The third kappa shape index (κ3) is 4.13. The summed E-state index contributed by atoms with van der Waals surface area (Å²) in [5, 5.41) is 5.52. The second-order valence-corrected chi connectivity index (χ2v) is 5.85. The van der Waals surface area contributed by atoms with Gasteiger partial charge in [-0.15, -0.1) is 0 Å². The van der Waals surface area contributed by atoms with Crippen molar-refractivity contribution in [2.75, 3.05) is 18.5 Å². The molecule has 2 aromatic carbocycles. The quantitative estimate of drug-likeness (QED) is 0.812. The zero-order chi connectivity index (χ0) is 18.7. The Labute approximate surface area is 147 Å². The van der Waals surface area contributed by atoms with Crippen molar-refractivity contribution in [3.63, 3.8) is 0 Å². The van der Waals surface area contributed by atoms with Gasteiger partial charge in [0.25, 0.3) is 5.91 Å². The number of ether oxygens (including phenoxy) is 1. The predicted octanol–water partition coefficient (Wildman–Crippen LogP) is 3.51. The van der Waals surface area contributed by atoms with E-state index in [0.717, 1.165) is 17.7 Å². The molecule has 0 bridgehead atoms. The summed E-state index contributed by atoms with van der Waals surface area (Å²) < 4.78 is 57.5. The van der Waals surface area contributed by atoms with Gasteiger partial charge in [0.1, 0.15) is 11.6 Å². The minimum absolute atomic E-state index is 0.0308. The van der Waals surface area contributed by atoms with Gasteiger partial charge in [-0.1, -0.05) is 12.1 Å². The molecule has 0 fully saturated rings. The molecular formula is C18H16F4N2O2. The molecule has 0 aromatic heterocycles. The Kier molecular flexibility index (Phi) is 5.13. The average molecular weight is 368 g/mol. The largest absolute Gasteiger partial charge is 0.484 e. The number of nitrogens with one attached hydrogen (secondary N) is 2. The van der Waals surface area contributed by atoms with Crippen LogP contribution in [0, 0.1) is 5.82 Å². The molecule has 2 N–H and O–H groups in total. The number of carbonyl (C=O) groups is 1. The normalized spacial score (nSPS) is 13.8. The molecule has 0 saturated heterocycles. The van der Waals surface area contributed by atoms with Crippen LogP contribution in [0.25, 0.3) is 0 Å². The fourth-order valence-electron chi connectivity index (χ4n) is 2.73. The van der Waals surface area contributed by atoms with Gasteiger partial charge >= 0.3 is 6.18 Å². The second kappa shape index (κ2) is 7.33. The highest BCUT2D eigenvalue weighted by atomic mass is 19.4. The van der Waals surface area contributed by atoms with Crippen molar-refractivity contribution in [2.45, 2.75) is 19.1 Å². The molecule has 138 valence electrons. The summed E-state index contributed by atoms with van der Waals surface area (Å²) >= 11 is 0. The topological polar surface area (TPSA) is 50.4 Å². The van der Waals surface area contributed by atoms with Crippen molar-refractivity contribution < 1.29 is 27.1 Å². The van der Waals surface area contributed by atoms with E-state index in [1.165, 1.54) is 18.2 Å². The molecule has 0 saturated carbocycles. The van der Waals surface area contributed by atoms with Gasteiger partial charge < -0.3 is 15.4 Å². The van der Waals surface area contributed by atoms with Crippen molar-refractivity contribution >= 4 is 11.6 Å². The van der Waals surface area contributed by atoms with Crippen LogP contribution in [0.3, 0.4) is 0 Å². The summed E-state index contributed by atoms with van der Waals surface area (Å²) in [7, 11) is 0. The summed E-state index contributed by atoms with van der Waals surface area (Å²) in [6.07, 6.45) is -3.98. The lowest BCUT2D eigenvalue weighted by Gasteiger charge is -2.19. The molecule has 0 unspecified atom stereocenters. The maximum atomic E-state index is 14.5. The number of halogens is 4. The first kappa shape index (κ1) is 18.2. The number of rotatable bonds is 4. The van der Waals surface area contributed by atoms with Gasteiger partial charge in [0.2, 0.25) is 0 Å². The van der Waals surface area contributed by atoms with Crippen molar-refractivity contribution in [1.29, 1.82) is 0 Å². The molecule has 8 heteroatoms. The van der Waals surface area contributed by atoms with E-state index in [1.807, 2.05) is 0 Å². The van der Waals surface area contributed by atoms with Crippen LogP contribution in [0.2, 0.25) is 0 Å². The Balaban J connectivity index is 1.63. The minimum Gasteiger partial charge on any atom is -0.484 e. The van der Waals surface area contributed by atoms with E-state index in [9.17, 15) is 22.4 Å². The maximum Gasteiger partial charge on any atom is 0.416 e. The molecule has 0 radical (unpaired) electrons. The molecule has 1 heterocycles. The van der Waals surface area contributed by atoms with E-state index < -0.39 is 30.1 Å². The van der Waals surface area contributed by atoms with Gasteiger partial charge in [-0.25, -0.2) is 4.39 Å². The molecule has 4 nitrogen and oxygen atoms in total. The van der Waals surface area contributed by atoms with Crippen molar-refractivity contribution in [3.05, 3.63) is 58.9 Å². The lowest BCUT2D eigenvalue weighted by molar-refractivity contribution is -0.137. The first-order valence-corrected chi connectivity index (χ1v) is 7.95. The fraction of sp³-hybridized carbons (Fsp3) is 0.278. The molecule has 1 aliphatic heterocycles. The number of hydrogen-bond donors (Lipinski definition) is 2. The first-order chi connectivity index (χ1) is 12.3. The Bertz CT molecular complexity index is 821. The molecule has 1 amide bonds. The Hall–Kier alpha value is -2.61. The van der Waals surface area contributed by atoms with Crippen molar-refractivity contribution in [1.82, 2.24) is 5.32 Å². The van der Waals surface area contributed by atoms with Gasteiger partial charge in [-0.05, 0) is 48.4 Å². The van der Waals surface area contributed by atoms with Crippen LogP contribution >= 0.6 is 0 Å². The van der Waals surface area contributed by atoms with Crippen LogP contribution < -0.4 is 15.4 Å². The zero-order valence-corrected chi connectivity index (χ0v) is 13.6. The Morgan fingerprint density at radius 1 is 1.23 bits per heavy atom. The van der Waals surface area contributed by atoms with Gasteiger partial charge in [0.05, 0.1) is 11.3 Å². The van der Waals surface area contributed by atoms with Crippen LogP contribution in [0.5, 0.6) is 5.75 Å². The van der Waals surface area contributed by atoms with E-state index in [0.29, 0.717) is 25.1 Å². The summed E-state index contributed by atoms with van der Waals surface area (Å²) in [5.74, 6) is -1.24. The molecular weight excluding hydrogens is 352 g/mol. The van der Waals surface area contributed by atoms with Crippen LogP contribution in [0.15, 0.2) is 36.4 Å². The molecule has 3 rings (SSSR count). The maximum absolute atomic E-state index is 14.5. The number of amides is 1. The van der Waals surface area contributed by atoms with Gasteiger partial charge in [0.15, 0.2) is 6.61 Å². The number of anilines is 1. The molecule has 2 aromatic rings. The molecule has 0 aliphatic carbocycles. The summed E-state index contributed by atoms with van der Waals surface area (Å²) in [6.45, 7) is 0.693. The number of alkyl halides is 3. The van der Waals surface area contributed by atoms with Gasteiger partial charge in [-0.3, -0.25) is 4.79 Å². The molecule has 26 heavy (non-hydrogen) atoms. The SMILES string of the molecule is O=C(COc1cccc(C(F)(F)F)c1)Nc1ccc2c(c1F)CCNC2. The third-order valence-electron chi connectivity index (χ3n) is 4.01. The average Bonchev–Trinajstić information content (AvgIpc) is 2.62. The third-order valence-corrected chi connectivity index (χ3v) is 4.01. The molecule has 0 atom stereocenters. The van der Waals surface area contributed by atoms with Gasteiger partial charge in [0, 0.05) is 6.54 Å². The fourth-order valence-corrected chi connectivity index (χ4v) is 2.73. The smallest absolute Gasteiger partial charge is 0.416 e.